The van der Waals surface area contributed by atoms with Crippen molar-refractivity contribution in [1.82, 2.24) is 20.1 Å². The Labute approximate surface area is 145 Å². The molecule has 0 saturated heterocycles. The molecule has 0 atom stereocenters. The molecule has 0 unspecified atom stereocenters. The molecule has 3 aromatic rings. The van der Waals surface area contributed by atoms with Gasteiger partial charge in [0.15, 0.2) is 0 Å². The van der Waals surface area contributed by atoms with Crippen molar-refractivity contribution in [3.63, 3.8) is 0 Å². The van der Waals surface area contributed by atoms with Gasteiger partial charge in [-0.1, -0.05) is 12.1 Å². The summed E-state index contributed by atoms with van der Waals surface area (Å²) < 4.78 is 6.86. The maximum atomic E-state index is 12.1. The molecular formula is C18H19N5O2. The van der Waals surface area contributed by atoms with Crippen LogP contribution in [0.4, 0.5) is 10.5 Å². The molecule has 2 aromatic heterocycles. The molecule has 7 nitrogen and oxygen atoms in total. The number of pyridine rings is 1. The molecule has 0 spiro atoms. The highest BCUT2D eigenvalue weighted by molar-refractivity contribution is 5.89. The van der Waals surface area contributed by atoms with Crippen LogP contribution >= 0.6 is 0 Å². The average Bonchev–Trinajstić information content (AvgIpc) is 3.06. The average molecular weight is 337 g/mol. The van der Waals surface area contributed by atoms with Gasteiger partial charge in [-0.05, 0) is 23.8 Å². The number of amides is 2. The summed E-state index contributed by atoms with van der Waals surface area (Å²) in [6.07, 6.45) is 5.37. The molecule has 1 aromatic carbocycles. The first-order valence-corrected chi connectivity index (χ1v) is 7.77. The molecule has 2 N–H and O–H groups in total. The van der Waals surface area contributed by atoms with E-state index >= 15 is 0 Å². The molecule has 7 heteroatoms. The third-order valence-corrected chi connectivity index (χ3v) is 3.64. The van der Waals surface area contributed by atoms with Gasteiger partial charge in [0.1, 0.15) is 5.75 Å². The van der Waals surface area contributed by atoms with E-state index in [4.69, 9.17) is 4.74 Å². The number of urea groups is 1. The summed E-state index contributed by atoms with van der Waals surface area (Å²) in [7, 11) is 3.44. The molecule has 2 amide bonds. The van der Waals surface area contributed by atoms with E-state index in [0.29, 0.717) is 18.0 Å². The molecule has 3 rings (SSSR count). The van der Waals surface area contributed by atoms with Crippen LogP contribution < -0.4 is 15.4 Å². The fraction of sp³-hybridized carbons (Fsp3) is 0.167. The van der Waals surface area contributed by atoms with Crippen molar-refractivity contribution in [2.24, 2.45) is 7.05 Å². The Morgan fingerprint density at radius 3 is 2.92 bits per heavy atom. The van der Waals surface area contributed by atoms with Gasteiger partial charge in [0.2, 0.25) is 0 Å². The van der Waals surface area contributed by atoms with Gasteiger partial charge in [0.25, 0.3) is 0 Å². The Balaban J connectivity index is 1.66. The number of ether oxygens (including phenoxy) is 1. The minimum absolute atomic E-state index is 0.297. The van der Waals surface area contributed by atoms with Gasteiger partial charge in [0.05, 0.1) is 19.0 Å². The van der Waals surface area contributed by atoms with Gasteiger partial charge >= 0.3 is 6.03 Å². The minimum Gasteiger partial charge on any atom is -0.497 e. The predicted molar refractivity (Wildman–Crippen MR) is 95.3 cm³/mol. The van der Waals surface area contributed by atoms with Crippen molar-refractivity contribution in [1.29, 1.82) is 0 Å². The molecule has 2 heterocycles. The predicted octanol–water partition coefficient (Wildman–Crippen LogP) is 2.81. The SMILES string of the molecule is COc1cccc(NC(=O)NCc2cccnc2-c2cnn(C)c2)c1. The van der Waals surface area contributed by atoms with Crippen LogP contribution in [0.15, 0.2) is 55.0 Å². The molecule has 128 valence electrons. The van der Waals surface area contributed by atoms with Crippen LogP contribution in [0.2, 0.25) is 0 Å². The molecule has 0 aliphatic rings. The number of benzene rings is 1. The van der Waals surface area contributed by atoms with E-state index in [1.54, 1.807) is 36.3 Å². The van der Waals surface area contributed by atoms with E-state index in [9.17, 15) is 4.79 Å². The minimum atomic E-state index is -0.297. The Hall–Kier alpha value is -3.35. The lowest BCUT2D eigenvalue weighted by molar-refractivity contribution is 0.251. The van der Waals surface area contributed by atoms with E-state index in [1.807, 2.05) is 37.5 Å². The number of carbonyl (C=O) groups excluding carboxylic acids is 1. The second-order valence-electron chi connectivity index (χ2n) is 5.45. The van der Waals surface area contributed by atoms with Crippen LogP contribution in [-0.2, 0) is 13.6 Å². The zero-order valence-electron chi connectivity index (χ0n) is 14.1. The van der Waals surface area contributed by atoms with Crippen LogP contribution in [0.1, 0.15) is 5.56 Å². The van der Waals surface area contributed by atoms with Crippen molar-refractivity contribution in [3.8, 4) is 17.0 Å². The van der Waals surface area contributed by atoms with Crippen LogP contribution in [0.5, 0.6) is 5.75 Å². The maximum absolute atomic E-state index is 12.1. The topological polar surface area (TPSA) is 81.1 Å². The van der Waals surface area contributed by atoms with Gasteiger partial charge in [-0.2, -0.15) is 5.10 Å². The number of anilines is 1. The number of nitrogens with one attached hydrogen (secondary N) is 2. The lowest BCUT2D eigenvalue weighted by atomic mass is 10.1. The monoisotopic (exact) mass is 337 g/mol. The molecule has 25 heavy (non-hydrogen) atoms. The third kappa shape index (κ3) is 4.14. The molecule has 0 aliphatic heterocycles. The molecule has 0 bridgehead atoms. The molecular weight excluding hydrogens is 318 g/mol. The largest absolute Gasteiger partial charge is 0.497 e. The van der Waals surface area contributed by atoms with Crippen molar-refractivity contribution in [2.75, 3.05) is 12.4 Å². The van der Waals surface area contributed by atoms with E-state index in [-0.39, 0.29) is 6.03 Å². The van der Waals surface area contributed by atoms with Gasteiger partial charge < -0.3 is 15.4 Å². The summed E-state index contributed by atoms with van der Waals surface area (Å²) in [6, 6.07) is 10.7. The van der Waals surface area contributed by atoms with Gasteiger partial charge in [-0.3, -0.25) is 9.67 Å². The maximum Gasteiger partial charge on any atom is 0.319 e. The van der Waals surface area contributed by atoms with E-state index in [0.717, 1.165) is 16.8 Å². The van der Waals surface area contributed by atoms with Gasteiger partial charge in [-0.15, -0.1) is 0 Å². The van der Waals surface area contributed by atoms with Crippen molar-refractivity contribution in [2.45, 2.75) is 6.54 Å². The first kappa shape index (κ1) is 16.5. The van der Waals surface area contributed by atoms with E-state index in [2.05, 4.69) is 20.7 Å². The van der Waals surface area contributed by atoms with Crippen molar-refractivity contribution >= 4 is 11.7 Å². The Bertz CT molecular complexity index is 875. The number of methoxy groups -OCH3 is 1. The van der Waals surface area contributed by atoms with Crippen LogP contribution in [-0.4, -0.2) is 27.9 Å². The summed E-state index contributed by atoms with van der Waals surface area (Å²) in [5, 5.41) is 9.79. The number of rotatable bonds is 5. The second kappa shape index (κ2) is 7.48. The Kier molecular flexibility index (Phi) is 4.94. The summed E-state index contributed by atoms with van der Waals surface area (Å²) in [5.41, 5.74) is 3.29. The number of hydrogen-bond donors (Lipinski definition) is 2. The van der Waals surface area contributed by atoms with E-state index in [1.165, 1.54) is 0 Å². The summed E-state index contributed by atoms with van der Waals surface area (Å²) in [4.78, 5) is 16.5. The quantitative estimate of drug-likeness (QED) is 0.750. The lowest BCUT2D eigenvalue weighted by Gasteiger charge is -2.10. The van der Waals surface area contributed by atoms with Crippen LogP contribution in [0, 0.1) is 0 Å². The fourth-order valence-electron chi connectivity index (χ4n) is 2.44. The normalized spacial score (nSPS) is 10.3. The fourth-order valence-corrected chi connectivity index (χ4v) is 2.44. The molecule has 0 fully saturated rings. The van der Waals surface area contributed by atoms with Crippen LogP contribution in [0.25, 0.3) is 11.3 Å². The highest BCUT2D eigenvalue weighted by atomic mass is 16.5. The number of nitrogens with zero attached hydrogens (tertiary/aromatic N) is 3. The highest BCUT2D eigenvalue weighted by Crippen LogP contribution is 2.20. The zero-order valence-corrected chi connectivity index (χ0v) is 14.1. The smallest absolute Gasteiger partial charge is 0.319 e. The zero-order chi connectivity index (χ0) is 17.6. The van der Waals surface area contributed by atoms with E-state index < -0.39 is 0 Å². The number of aromatic nitrogens is 3. The summed E-state index contributed by atoms with van der Waals surface area (Å²) in [5.74, 6) is 0.684. The second-order valence-corrected chi connectivity index (χ2v) is 5.45. The van der Waals surface area contributed by atoms with Crippen LogP contribution in [0.3, 0.4) is 0 Å². The number of aryl methyl sites for hydroxylation is 1. The van der Waals surface area contributed by atoms with Crippen molar-refractivity contribution < 1.29 is 9.53 Å². The summed E-state index contributed by atoms with van der Waals surface area (Å²) in [6.45, 7) is 0.355. The summed E-state index contributed by atoms with van der Waals surface area (Å²) >= 11 is 0. The molecule has 0 aliphatic carbocycles. The molecule has 0 radical (unpaired) electrons. The molecule has 0 saturated carbocycles. The van der Waals surface area contributed by atoms with Crippen molar-refractivity contribution in [3.05, 3.63) is 60.6 Å². The number of carbonyl (C=O) groups is 1. The van der Waals surface area contributed by atoms with Gasteiger partial charge in [-0.25, -0.2) is 4.79 Å². The van der Waals surface area contributed by atoms with Gasteiger partial charge in [0, 0.05) is 43.3 Å². The lowest BCUT2D eigenvalue weighted by Crippen LogP contribution is -2.28. The Morgan fingerprint density at radius 2 is 2.16 bits per heavy atom. The number of hydrogen-bond acceptors (Lipinski definition) is 4. The first-order chi connectivity index (χ1) is 12.2. The standard InChI is InChI=1S/C18H19N5O2/c1-23-12-14(11-21-23)17-13(5-4-8-19-17)10-20-18(24)22-15-6-3-7-16(9-15)25-2/h3-9,11-12H,10H2,1-2H3,(H2,20,22,24). The highest BCUT2D eigenvalue weighted by Gasteiger charge is 2.10. The first-order valence-electron chi connectivity index (χ1n) is 7.77. The Morgan fingerprint density at radius 1 is 1.28 bits per heavy atom. The third-order valence-electron chi connectivity index (χ3n) is 3.64.